The Bertz CT molecular complexity index is 275. The van der Waals surface area contributed by atoms with Crippen LogP contribution in [0.4, 0.5) is 0 Å². The maximum absolute atomic E-state index is 6.17. The van der Waals surface area contributed by atoms with Crippen LogP contribution >= 0.6 is 0 Å². The summed E-state index contributed by atoms with van der Waals surface area (Å²) in [6.07, 6.45) is 7.43. The van der Waals surface area contributed by atoms with E-state index in [1.165, 1.54) is 0 Å². The van der Waals surface area contributed by atoms with Gasteiger partial charge in [0, 0.05) is 12.8 Å². The van der Waals surface area contributed by atoms with Crippen molar-refractivity contribution in [1.29, 1.82) is 0 Å². The van der Waals surface area contributed by atoms with Crippen LogP contribution in [0, 0.1) is 0 Å². The van der Waals surface area contributed by atoms with E-state index in [4.69, 9.17) is 18.9 Å². The van der Waals surface area contributed by atoms with Gasteiger partial charge in [0.1, 0.15) is 0 Å². The number of ether oxygens (including phenoxy) is 4. The Balaban J connectivity index is 5.26. The van der Waals surface area contributed by atoms with Crippen molar-refractivity contribution in [3.63, 3.8) is 0 Å². The van der Waals surface area contributed by atoms with Gasteiger partial charge in [0.05, 0.1) is 26.4 Å². The highest BCUT2D eigenvalue weighted by Gasteiger charge is 2.42. The van der Waals surface area contributed by atoms with Gasteiger partial charge in [-0.05, 0) is 25.7 Å². The highest BCUT2D eigenvalue weighted by atomic mass is 16.8. The van der Waals surface area contributed by atoms with E-state index >= 15 is 0 Å². The summed E-state index contributed by atoms with van der Waals surface area (Å²) in [6.45, 7) is 15.2. The Labute approximate surface area is 156 Å². The Kier molecular flexibility index (Phi) is 14.8. The molecule has 2 atom stereocenters. The van der Waals surface area contributed by atoms with E-state index in [9.17, 15) is 0 Å². The molecule has 0 rings (SSSR count). The molecule has 0 spiro atoms. The molecule has 0 saturated carbocycles. The zero-order valence-electron chi connectivity index (χ0n) is 17.6. The molecular weight excluding hydrogens is 318 g/mol. The van der Waals surface area contributed by atoms with Crippen LogP contribution in [-0.4, -0.2) is 38.2 Å². The minimum Gasteiger partial charge on any atom is -0.337 e. The lowest BCUT2D eigenvalue weighted by atomic mass is 10.2. The molecule has 0 fully saturated rings. The lowest BCUT2D eigenvalue weighted by Crippen LogP contribution is -2.63. The molecule has 0 aliphatic heterocycles. The quantitative estimate of drug-likeness (QED) is 0.269. The molecular formula is C20H43NO4. The second-order valence-corrected chi connectivity index (χ2v) is 6.44. The van der Waals surface area contributed by atoms with Gasteiger partial charge in [0.25, 0.3) is 0 Å². The van der Waals surface area contributed by atoms with Crippen LogP contribution in [0.25, 0.3) is 0 Å². The molecule has 0 aromatic heterocycles. The SMILES string of the molecule is CCCCOC(CC)(NC(CC)(OCCC)OCCCC)OCCC. The van der Waals surface area contributed by atoms with E-state index in [0.717, 1.165) is 38.5 Å². The van der Waals surface area contributed by atoms with Crippen LogP contribution in [0.15, 0.2) is 0 Å². The molecule has 0 radical (unpaired) electrons. The fourth-order valence-corrected chi connectivity index (χ4v) is 2.40. The predicted molar refractivity (Wildman–Crippen MR) is 103 cm³/mol. The summed E-state index contributed by atoms with van der Waals surface area (Å²) in [5.74, 6) is -1.75. The largest absolute Gasteiger partial charge is 0.337 e. The molecule has 0 heterocycles. The average molecular weight is 362 g/mol. The first-order valence-electron chi connectivity index (χ1n) is 10.4. The van der Waals surface area contributed by atoms with Gasteiger partial charge in [-0.1, -0.05) is 54.4 Å². The van der Waals surface area contributed by atoms with E-state index in [1.807, 2.05) is 0 Å². The zero-order valence-corrected chi connectivity index (χ0v) is 17.6. The Morgan fingerprint density at radius 3 is 1.16 bits per heavy atom. The molecule has 0 bridgehead atoms. The van der Waals surface area contributed by atoms with Gasteiger partial charge < -0.3 is 18.9 Å². The summed E-state index contributed by atoms with van der Waals surface area (Å²) in [7, 11) is 0. The zero-order chi connectivity index (χ0) is 19.0. The van der Waals surface area contributed by atoms with Gasteiger partial charge in [-0.15, -0.1) is 0 Å². The lowest BCUT2D eigenvalue weighted by Gasteiger charge is -2.43. The number of hydrogen-bond donors (Lipinski definition) is 1. The number of hydrogen-bond acceptors (Lipinski definition) is 5. The fourth-order valence-electron chi connectivity index (χ4n) is 2.40. The van der Waals surface area contributed by atoms with Crippen LogP contribution in [0.3, 0.4) is 0 Å². The summed E-state index contributed by atoms with van der Waals surface area (Å²) in [4.78, 5) is 0. The van der Waals surface area contributed by atoms with E-state index < -0.39 is 11.8 Å². The van der Waals surface area contributed by atoms with Crippen LogP contribution < -0.4 is 5.32 Å². The first-order chi connectivity index (χ1) is 12.1. The van der Waals surface area contributed by atoms with Crippen molar-refractivity contribution in [2.75, 3.05) is 26.4 Å². The molecule has 2 unspecified atom stereocenters. The summed E-state index contributed by atoms with van der Waals surface area (Å²) < 4.78 is 24.6. The van der Waals surface area contributed by atoms with Crippen molar-refractivity contribution in [1.82, 2.24) is 5.32 Å². The maximum Gasteiger partial charge on any atom is 0.231 e. The average Bonchev–Trinajstić information content (AvgIpc) is 2.64. The lowest BCUT2D eigenvalue weighted by molar-refractivity contribution is -0.345. The second kappa shape index (κ2) is 14.9. The van der Waals surface area contributed by atoms with E-state index in [-0.39, 0.29) is 0 Å². The van der Waals surface area contributed by atoms with E-state index in [2.05, 4.69) is 46.9 Å². The fraction of sp³-hybridized carbons (Fsp3) is 1.00. The van der Waals surface area contributed by atoms with Crippen molar-refractivity contribution in [3.05, 3.63) is 0 Å². The Hall–Kier alpha value is -0.200. The summed E-state index contributed by atoms with van der Waals surface area (Å²) in [6, 6.07) is 0. The molecule has 1 N–H and O–H groups in total. The van der Waals surface area contributed by atoms with Crippen LogP contribution in [-0.2, 0) is 18.9 Å². The van der Waals surface area contributed by atoms with Crippen LogP contribution in [0.2, 0.25) is 0 Å². The van der Waals surface area contributed by atoms with Gasteiger partial charge >= 0.3 is 0 Å². The highest BCUT2D eigenvalue weighted by Crippen LogP contribution is 2.25. The highest BCUT2D eigenvalue weighted by molar-refractivity contribution is 4.75. The standard InChI is InChI=1S/C20H43NO4/c1-7-13-17-24-19(11-5,22-15-9-3)21-20(12-6,23-16-10-4)25-18-14-8-2/h21H,7-18H2,1-6H3. The van der Waals surface area contributed by atoms with Crippen LogP contribution in [0.5, 0.6) is 0 Å². The van der Waals surface area contributed by atoms with Crippen molar-refractivity contribution in [2.24, 2.45) is 0 Å². The third-order valence-corrected chi connectivity index (χ3v) is 4.06. The molecule has 0 aliphatic rings. The normalized spacial score (nSPS) is 16.6. The smallest absolute Gasteiger partial charge is 0.231 e. The second-order valence-electron chi connectivity index (χ2n) is 6.44. The number of nitrogens with one attached hydrogen (secondary N) is 1. The summed E-state index contributed by atoms with van der Waals surface area (Å²) >= 11 is 0. The molecule has 152 valence electrons. The number of rotatable bonds is 18. The first-order valence-corrected chi connectivity index (χ1v) is 10.4. The third-order valence-electron chi connectivity index (χ3n) is 4.06. The molecule has 5 heteroatoms. The van der Waals surface area contributed by atoms with Crippen molar-refractivity contribution in [3.8, 4) is 0 Å². The maximum atomic E-state index is 6.17. The van der Waals surface area contributed by atoms with Gasteiger partial charge in [0.15, 0.2) is 0 Å². The van der Waals surface area contributed by atoms with E-state index in [0.29, 0.717) is 39.3 Å². The van der Waals surface area contributed by atoms with Gasteiger partial charge in [-0.25, -0.2) is 5.32 Å². The van der Waals surface area contributed by atoms with Crippen molar-refractivity contribution < 1.29 is 18.9 Å². The molecule has 0 aromatic rings. The molecule has 5 nitrogen and oxygen atoms in total. The van der Waals surface area contributed by atoms with Crippen molar-refractivity contribution in [2.45, 2.75) is 105 Å². The molecule has 0 amide bonds. The minimum atomic E-state index is -0.874. The third kappa shape index (κ3) is 9.90. The van der Waals surface area contributed by atoms with Crippen LogP contribution in [0.1, 0.15) is 92.9 Å². The number of unbranched alkanes of at least 4 members (excludes halogenated alkanes) is 2. The minimum absolute atomic E-state index is 0.634. The summed E-state index contributed by atoms with van der Waals surface area (Å²) in [5, 5.41) is 3.48. The summed E-state index contributed by atoms with van der Waals surface area (Å²) in [5.41, 5.74) is 0. The monoisotopic (exact) mass is 361 g/mol. The van der Waals surface area contributed by atoms with Gasteiger partial charge in [-0.2, -0.15) is 0 Å². The van der Waals surface area contributed by atoms with Crippen molar-refractivity contribution >= 4 is 0 Å². The Morgan fingerprint density at radius 1 is 0.520 bits per heavy atom. The molecule has 0 aromatic carbocycles. The predicted octanol–water partition coefficient (Wildman–Crippen LogP) is 5.19. The van der Waals surface area contributed by atoms with Gasteiger partial charge in [-0.3, -0.25) is 0 Å². The van der Waals surface area contributed by atoms with Gasteiger partial charge in [0.2, 0.25) is 11.8 Å². The molecule has 25 heavy (non-hydrogen) atoms. The first kappa shape index (κ1) is 24.8. The topological polar surface area (TPSA) is 49.0 Å². The van der Waals surface area contributed by atoms with E-state index in [1.54, 1.807) is 0 Å². The molecule has 0 saturated heterocycles. The Morgan fingerprint density at radius 2 is 0.880 bits per heavy atom. The molecule has 0 aliphatic carbocycles.